The maximum atomic E-state index is 5.68. The van der Waals surface area contributed by atoms with E-state index in [-0.39, 0.29) is 6.10 Å². The van der Waals surface area contributed by atoms with E-state index in [9.17, 15) is 0 Å². The Balaban J connectivity index is 1.59. The molecule has 2 unspecified atom stereocenters. The van der Waals surface area contributed by atoms with E-state index in [0.717, 1.165) is 26.4 Å². The molecule has 2 aliphatic rings. The lowest BCUT2D eigenvalue weighted by atomic mass is 10.0. The summed E-state index contributed by atoms with van der Waals surface area (Å²) in [5.74, 6) is 0. The van der Waals surface area contributed by atoms with Gasteiger partial charge in [-0.1, -0.05) is 6.92 Å². The number of thiophene rings is 1. The molecule has 3 heterocycles. The lowest BCUT2D eigenvalue weighted by Gasteiger charge is -2.30. The summed E-state index contributed by atoms with van der Waals surface area (Å²) < 4.78 is 12.6. The molecule has 1 saturated heterocycles. The van der Waals surface area contributed by atoms with Gasteiger partial charge in [0.1, 0.15) is 0 Å². The molecule has 0 bridgehead atoms. The third-order valence-electron chi connectivity index (χ3n) is 3.39. The average molecular weight is 285 g/mol. The van der Waals surface area contributed by atoms with Gasteiger partial charge in [0.25, 0.3) is 0 Å². The fraction of sp³-hybridized carbons (Fsp3) is 0.692. The van der Waals surface area contributed by atoms with Gasteiger partial charge in [0.15, 0.2) is 0 Å². The summed E-state index contributed by atoms with van der Waals surface area (Å²) in [5, 5.41) is 6.54. The van der Waals surface area contributed by atoms with Crippen molar-refractivity contribution in [2.75, 3.05) is 26.4 Å². The number of hydrogen-bond donors (Lipinski definition) is 1. The Bertz CT molecular complexity index is 390. The topological polar surface area (TPSA) is 30.5 Å². The Hall–Kier alpha value is -0.0700. The van der Waals surface area contributed by atoms with Gasteiger partial charge in [0.2, 0.25) is 0 Å². The van der Waals surface area contributed by atoms with Crippen molar-refractivity contribution in [2.45, 2.75) is 34.9 Å². The van der Waals surface area contributed by atoms with Crippen molar-refractivity contribution in [1.29, 1.82) is 0 Å². The predicted molar refractivity (Wildman–Crippen MR) is 75.6 cm³/mol. The zero-order valence-electron chi connectivity index (χ0n) is 10.6. The number of hydrogen-bond acceptors (Lipinski definition) is 5. The first-order valence-electron chi connectivity index (χ1n) is 6.49. The number of fused-ring (bicyclic) bond motifs is 1. The van der Waals surface area contributed by atoms with Gasteiger partial charge < -0.3 is 14.8 Å². The molecule has 0 amide bonds. The Morgan fingerprint density at radius 2 is 2.39 bits per heavy atom. The molecule has 0 radical (unpaired) electrons. The first kappa shape index (κ1) is 12.9. The summed E-state index contributed by atoms with van der Waals surface area (Å²) in [4.78, 5) is 0. The monoisotopic (exact) mass is 285 g/mol. The second-order valence-corrected chi connectivity index (χ2v) is 7.48. The van der Waals surface area contributed by atoms with Crippen LogP contribution in [-0.4, -0.2) is 37.7 Å². The van der Waals surface area contributed by atoms with Crippen LogP contribution in [0, 0.1) is 0 Å². The predicted octanol–water partition coefficient (Wildman–Crippen LogP) is 2.68. The van der Waals surface area contributed by atoms with E-state index in [2.05, 4.69) is 23.7 Å². The molecular weight excluding hydrogens is 266 g/mol. The van der Waals surface area contributed by atoms with Gasteiger partial charge in [0, 0.05) is 17.8 Å². The number of ether oxygens (including phenoxy) is 2. The van der Waals surface area contributed by atoms with E-state index in [1.54, 1.807) is 0 Å². The highest BCUT2D eigenvalue weighted by Gasteiger charge is 2.27. The molecule has 100 valence electrons. The maximum absolute atomic E-state index is 5.68. The number of nitrogens with one attached hydrogen (secondary N) is 1. The molecule has 2 aliphatic heterocycles. The average Bonchev–Trinajstić information content (AvgIpc) is 2.85. The zero-order chi connectivity index (χ0) is 12.4. The van der Waals surface area contributed by atoms with Crippen LogP contribution in [-0.2, 0) is 9.47 Å². The van der Waals surface area contributed by atoms with Crippen LogP contribution < -0.4 is 5.32 Å². The van der Waals surface area contributed by atoms with Gasteiger partial charge in [-0.15, -0.1) is 23.1 Å². The minimum atomic E-state index is 0.214. The molecule has 0 spiro atoms. The molecule has 0 aliphatic carbocycles. The van der Waals surface area contributed by atoms with E-state index in [4.69, 9.17) is 9.47 Å². The molecule has 18 heavy (non-hydrogen) atoms. The highest BCUT2D eigenvalue weighted by molar-refractivity contribution is 8.01. The van der Waals surface area contributed by atoms with Crippen LogP contribution >= 0.6 is 23.1 Å². The maximum Gasteiger partial charge on any atom is 0.0933 e. The molecule has 1 fully saturated rings. The van der Waals surface area contributed by atoms with E-state index in [0.29, 0.717) is 11.3 Å². The van der Waals surface area contributed by atoms with Gasteiger partial charge in [-0.3, -0.25) is 0 Å². The summed E-state index contributed by atoms with van der Waals surface area (Å²) in [6.45, 7) is 5.38. The van der Waals surface area contributed by atoms with Crippen molar-refractivity contribution in [3.05, 3.63) is 17.0 Å². The molecule has 0 aromatic carbocycles. The minimum absolute atomic E-state index is 0.214. The van der Waals surface area contributed by atoms with Crippen molar-refractivity contribution >= 4 is 23.1 Å². The normalized spacial score (nSPS) is 32.2. The Kier molecular flexibility index (Phi) is 4.26. The third-order valence-corrected chi connectivity index (χ3v) is 5.73. The quantitative estimate of drug-likeness (QED) is 0.925. The zero-order valence-corrected chi connectivity index (χ0v) is 12.2. The molecule has 1 aromatic heterocycles. The summed E-state index contributed by atoms with van der Waals surface area (Å²) >= 11 is 3.87. The summed E-state index contributed by atoms with van der Waals surface area (Å²) in [7, 11) is 0. The molecule has 3 nitrogen and oxygen atoms in total. The van der Waals surface area contributed by atoms with Crippen molar-refractivity contribution < 1.29 is 9.47 Å². The molecule has 5 heteroatoms. The number of thioether (sulfide) groups is 1. The molecule has 3 rings (SSSR count). The number of rotatable bonds is 3. The van der Waals surface area contributed by atoms with E-state index >= 15 is 0 Å². The van der Waals surface area contributed by atoms with Crippen LogP contribution in [0.25, 0.3) is 0 Å². The third kappa shape index (κ3) is 2.91. The van der Waals surface area contributed by atoms with Crippen LogP contribution in [0.15, 0.2) is 15.7 Å². The highest BCUT2D eigenvalue weighted by atomic mass is 32.2. The molecule has 1 aromatic rings. The first-order valence-corrected chi connectivity index (χ1v) is 8.25. The largest absolute Gasteiger partial charge is 0.376 e. The Labute approximate surface area is 116 Å². The molecule has 0 saturated carbocycles. The van der Waals surface area contributed by atoms with Gasteiger partial charge in [-0.2, -0.15) is 0 Å². The van der Waals surface area contributed by atoms with E-state index in [1.165, 1.54) is 16.2 Å². The Morgan fingerprint density at radius 3 is 3.22 bits per heavy atom. The van der Waals surface area contributed by atoms with Crippen molar-refractivity contribution in [2.24, 2.45) is 0 Å². The standard InChI is InChI=1S/C13H19NO2S2/c1-9-6-12(11-2-5-17-13(11)18-9)14-7-10-8-15-3-4-16-10/h2,5,9-10,12,14H,3-4,6-8H2,1H3/t9-,10?,12?/m0/s1. The highest BCUT2D eigenvalue weighted by Crippen LogP contribution is 2.43. The van der Waals surface area contributed by atoms with Crippen molar-refractivity contribution in [1.82, 2.24) is 5.32 Å². The van der Waals surface area contributed by atoms with Crippen molar-refractivity contribution in [3.63, 3.8) is 0 Å². The van der Waals surface area contributed by atoms with Gasteiger partial charge in [-0.25, -0.2) is 0 Å². The van der Waals surface area contributed by atoms with Crippen molar-refractivity contribution in [3.8, 4) is 0 Å². The molecule has 1 N–H and O–H groups in total. The summed E-state index contributed by atoms with van der Waals surface area (Å²) in [5.41, 5.74) is 1.47. The van der Waals surface area contributed by atoms with Gasteiger partial charge in [-0.05, 0) is 23.4 Å². The lowest BCUT2D eigenvalue weighted by molar-refractivity contribution is -0.0871. The molecular formula is C13H19NO2S2. The summed E-state index contributed by atoms with van der Waals surface area (Å²) in [6, 6.07) is 2.74. The SMILES string of the molecule is C[C@H]1CC(NCC2COCCO2)c2ccsc2S1. The van der Waals surface area contributed by atoms with E-state index < -0.39 is 0 Å². The van der Waals surface area contributed by atoms with E-state index in [1.807, 2.05) is 23.1 Å². The van der Waals surface area contributed by atoms with Gasteiger partial charge in [0.05, 0.1) is 30.1 Å². The second kappa shape index (κ2) is 5.92. The lowest BCUT2D eigenvalue weighted by Crippen LogP contribution is -2.39. The van der Waals surface area contributed by atoms with Gasteiger partial charge >= 0.3 is 0 Å². The van der Waals surface area contributed by atoms with Crippen LogP contribution in [0.1, 0.15) is 24.9 Å². The molecule has 3 atom stereocenters. The minimum Gasteiger partial charge on any atom is -0.376 e. The smallest absolute Gasteiger partial charge is 0.0933 e. The summed E-state index contributed by atoms with van der Waals surface area (Å²) in [6.07, 6.45) is 1.41. The van der Waals surface area contributed by atoms with Crippen LogP contribution in [0.2, 0.25) is 0 Å². The fourth-order valence-corrected chi connectivity index (χ4v) is 5.04. The van der Waals surface area contributed by atoms with Crippen LogP contribution in [0.4, 0.5) is 0 Å². The van der Waals surface area contributed by atoms with Crippen LogP contribution in [0.5, 0.6) is 0 Å². The fourth-order valence-electron chi connectivity index (χ4n) is 2.47. The van der Waals surface area contributed by atoms with Crippen LogP contribution in [0.3, 0.4) is 0 Å². The second-order valence-electron chi connectivity index (χ2n) is 4.86. The first-order chi connectivity index (χ1) is 8.83. The Morgan fingerprint density at radius 1 is 1.44 bits per heavy atom.